The van der Waals surface area contributed by atoms with Gasteiger partial charge in [0.15, 0.2) is 5.66 Å². The number of carboxylic acid groups (broad SMARTS) is 1. The third kappa shape index (κ3) is 4.17. The van der Waals surface area contributed by atoms with Crippen LogP contribution in [0.2, 0.25) is 0 Å². The van der Waals surface area contributed by atoms with Crippen LogP contribution in [0.5, 0.6) is 0 Å². The number of aromatic carboxylic acids is 1. The number of para-hydroxylation sites is 1. The molecule has 6 nitrogen and oxygen atoms in total. The van der Waals surface area contributed by atoms with Crippen molar-refractivity contribution in [2.24, 2.45) is 0 Å². The molecule has 1 amide bonds. The normalized spacial score (nSPS) is 15.7. The molecule has 6 heteroatoms. The number of hydrogen-bond acceptors (Lipinski definition) is 4. The summed E-state index contributed by atoms with van der Waals surface area (Å²) < 4.78 is 0. The third-order valence-electron chi connectivity index (χ3n) is 7.45. The minimum Gasteiger partial charge on any atom is -0.478 e. The number of carbonyl (C=O) groups excluding carboxylic acids is 1. The maximum atomic E-state index is 13.3. The molecule has 1 unspecified atom stereocenters. The van der Waals surface area contributed by atoms with Gasteiger partial charge in [0.1, 0.15) is 0 Å². The average molecular weight is 494 g/mol. The lowest BCUT2D eigenvalue weighted by atomic mass is 9.80. The first-order valence-electron chi connectivity index (χ1n) is 12.7. The second-order valence-electron chi connectivity index (χ2n) is 9.56. The highest BCUT2D eigenvalue weighted by Gasteiger charge is 2.50. The summed E-state index contributed by atoms with van der Waals surface area (Å²) in [6, 6.07) is 26.8. The standard InChI is InChI=1S/C31H31N3O3/c1-22(35)33(2)31(24-16-8-4-9-17-24,34-20-12-5-13-21-34)28-27(30(36)37)25-18-10-11-19-26(25)32-29(28)23-14-6-3-7-15-23/h3-4,6-11,14-19H,5,12-13,20-21H2,1-2H3,(H,36,37). The van der Waals surface area contributed by atoms with E-state index in [0.29, 0.717) is 22.2 Å². The number of aromatic nitrogens is 1. The van der Waals surface area contributed by atoms with Crippen molar-refractivity contribution in [1.29, 1.82) is 0 Å². The summed E-state index contributed by atoms with van der Waals surface area (Å²) in [5, 5.41) is 11.4. The molecule has 1 saturated heterocycles. The van der Waals surface area contributed by atoms with E-state index < -0.39 is 11.6 Å². The maximum absolute atomic E-state index is 13.3. The molecule has 188 valence electrons. The van der Waals surface area contributed by atoms with Crippen LogP contribution in [0.15, 0.2) is 84.9 Å². The van der Waals surface area contributed by atoms with E-state index >= 15 is 0 Å². The van der Waals surface area contributed by atoms with E-state index in [9.17, 15) is 14.7 Å². The number of nitrogens with zero attached hydrogens (tertiary/aromatic N) is 3. The van der Waals surface area contributed by atoms with E-state index in [2.05, 4.69) is 4.90 Å². The van der Waals surface area contributed by atoms with Gasteiger partial charge >= 0.3 is 5.97 Å². The number of benzene rings is 3. The molecule has 1 N–H and O–H groups in total. The molecule has 37 heavy (non-hydrogen) atoms. The molecule has 4 aromatic rings. The lowest BCUT2D eigenvalue weighted by Gasteiger charge is -2.52. The Morgan fingerprint density at radius 2 is 1.46 bits per heavy atom. The summed E-state index contributed by atoms with van der Waals surface area (Å²) in [6.45, 7) is 3.00. The van der Waals surface area contributed by atoms with Gasteiger partial charge in [0.25, 0.3) is 0 Å². The van der Waals surface area contributed by atoms with Crippen LogP contribution < -0.4 is 0 Å². The topological polar surface area (TPSA) is 73.7 Å². The molecule has 3 aromatic carbocycles. The van der Waals surface area contributed by atoms with Crippen molar-refractivity contribution in [3.8, 4) is 11.3 Å². The number of carbonyl (C=O) groups is 2. The first kappa shape index (κ1) is 24.7. The zero-order valence-corrected chi connectivity index (χ0v) is 21.2. The Labute approximate surface area is 217 Å². The van der Waals surface area contributed by atoms with Gasteiger partial charge < -0.3 is 10.0 Å². The van der Waals surface area contributed by atoms with E-state index in [4.69, 9.17) is 4.98 Å². The summed E-state index contributed by atoms with van der Waals surface area (Å²) in [6.07, 6.45) is 3.02. The Bertz CT molecular complexity index is 1430. The molecular formula is C31H31N3O3. The molecule has 1 aliphatic heterocycles. The molecule has 0 bridgehead atoms. The predicted molar refractivity (Wildman–Crippen MR) is 145 cm³/mol. The molecule has 0 radical (unpaired) electrons. The number of amides is 1. The van der Waals surface area contributed by atoms with E-state index in [1.807, 2.05) is 84.9 Å². The minimum absolute atomic E-state index is 0.155. The van der Waals surface area contributed by atoms with Gasteiger partial charge in [-0.05, 0) is 24.5 Å². The fraction of sp³-hybridized carbons (Fsp3) is 0.258. The Hall–Kier alpha value is -4.03. The highest BCUT2D eigenvalue weighted by molar-refractivity contribution is 6.06. The lowest BCUT2D eigenvalue weighted by Crippen LogP contribution is -2.61. The highest BCUT2D eigenvalue weighted by Crippen LogP contribution is 2.47. The Balaban J connectivity index is 2.03. The molecule has 0 saturated carbocycles. The molecule has 5 rings (SSSR count). The van der Waals surface area contributed by atoms with E-state index in [0.717, 1.165) is 43.5 Å². The zero-order valence-electron chi connectivity index (χ0n) is 21.2. The van der Waals surface area contributed by atoms with Gasteiger partial charge in [0.2, 0.25) is 5.91 Å². The van der Waals surface area contributed by atoms with E-state index in [1.165, 1.54) is 0 Å². The van der Waals surface area contributed by atoms with Gasteiger partial charge in [-0.1, -0.05) is 85.3 Å². The summed E-state index contributed by atoms with van der Waals surface area (Å²) in [4.78, 5) is 35.6. The summed E-state index contributed by atoms with van der Waals surface area (Å²) >= 11 is 0. The molecule has 1 aromatic heterocycles. The highest BCUT2D eigenvalue weighted by atomic mass is 16.4. The lowest BCUT2D eigenvalue weighted by molar-refractivity contribution is -0.141. The van der Waals surface area contributed by atoms with Crippen molar-refractivity contribution in [2.45, 2.75) is 31.8 Å². The van der Waals surface area contributed by atoms with Crippen molar-refractivity contribution >= 4 is 22.8 Å². The molecule has 1 atom stereocenters. The summed E-state index contributed by atoms with van der Waals surface area (Å²) in [5.74, 6) is -1.20. The predicted octanol–water partition coefficient (Wildman–Crippen LogP) is 5.77. The van der Waals surface area contributed by atoms with Gasteiger partial charge in [-0.2, -0.15) is 0 Å². The Morgan fingerprint density at radius 3 is 2.08 bits per heavy atom. The van der Waals surface area contributed by atoms with Crippen LogP contribution in [0.25, 0.3) is 22.2 Å². The van der Waals surface area contributed by atoms with Crippen molar-refractivity contribution in [1.82, 2.24) is 14.8 Å². The quantitative estimate of drug-likeness (QED) is 0.369. The van der Waals surface area contributed by atoms with Crippen LogP contribution in [0, 0.1) is 0 Å². The number of carboxylic acids is 1. The van der Waals surface area contributed by atoms with E-state index in [-0.39, 0.29) is 11.5 Å². The fourth-order valence-electron chi connectivity index (χ4n) is 5.75. The number of piperidine rings is 1. The van der Waals surface area contributed by atoms with Gasteiger partial charge in [-0.15, -0.1) is 0 Å². The third-order valence-corrected chi connectivity index (χ3v) is 7.45. The van der Waals surface area contributed by atoms with Crippen LogP contribution in [-0.2, 0) is 10.5 Å². The molecule has 1 aliphatic rings. The van der Waals surface area contributed by atoms with Gasteiger partial charge in [-0.3, -0.25) is 9.69 Å². The van der Waals surface area contributed by atoms with Crippen LogP contribution in [0.4, 0.5) is 0 Å². The van der Waals surface area contributed by atoms with Crippen molar-refractivity contribution in [2.75, 3.05) is 20.1 Å². The minimum atomic E-state index is -1.18. The first-order chi connectivity index (χ1) is 18.0. The maximum Gasteiger partial charge on any atom is 0.336 e. The Morgan fingerprint density at radius 1 is 0.865 bits per heavy atom. The number of pyridine rings is 1. The van der Waals surface area contributed by atoms with Crippen molar-refractivity contribution in [3.63, 3.8) is 0 Å². The SMILES string of the molecule is CC(=O)N(C)C(c1ccccc1)(c1c(-c2ccccc2)nc2ccccc2c1C(=O)O)N1CCCCC1. The largest absolute Gasteiger partial charge is 0.478 e. The fourth-order valence-corrected chi connectivity index (χ4v) is 5.75. The number of likely N-dealkylation sites (tertiary alicyclic amines) is 1. The zero-order chi connectivity index (χ0) is 26.0. The summed E-state index contributed by atoms with van der Waals surface area (Å²) in [7, 11) is 1.78. The van der Waals surface area contributed by atoms with Crippen LogP contribution in [0.3, 0.4) is 0 Å². The van der Waals surface area contributed by atoms with E-state index in [1.54, 1.807) is 18.9 Å². The molecule has 0 aliphatic carbocycles. The first-order valence-corrected chi connectivity index (χ1v) is 12.7. The summed E-state index contributed by atoms with van der Waals surface area (Å²) in [5.41, 5.74) is 2.34. The second-order valence-corrected chi connectivity index (χ2v) is 9.56. The van der Waals surface area contributed by atoms with Gasteiger partial charge in [0.05, 0.1) is 16.8 Å². The smallest absolute Gasteiger partial charge is 0.336 e. The average Bonchev–Trinajstić information content (AvgIpc) is 2.94. The van der Waals surface area contributed by atoms with Crippen LogP contribution >= 0.6 is 0 Å². The van der Waals surface area contributed by atoms with Gasteiger partial charge in [-0.25, -0.2) is 9.78 Å². The number of rotatable bonds is 6. The van der Waals surface area contributed by atoms with Crippen LogP contribution in [0.1, 0.15) is 47.7 Å². The van der Waals surface area contributed by atoms with Crippen LogP contribution in [-0.4, -0.2) is 51.9 Å². The monoisotopic (exact) mass is 493 g/mol. The van der Waals surface area contributed by atoms with Gasteiger partial charge in [0, 0.05) is 43.6 Å². The molecule has 0 spiro atoms. The number of hydrogen-bond donors (Lipinski definition) is 1. The molecule has 2 heterocycles. The number of fused-ring (bicyclic) bond motifs is 1. The van der Waals surface area contributed by atoms with Crippen molar-refractivity contribution in [3.05, 3.63) is 102 Å². The second kappa shape index (κ2) is 10.1. The molecular weight excluding hydrogens is 462 g/mol. The van der Waals surface area contributed by atoms with Crippen molar-refractivity contribution < 1.29 is 14.7 Å². The molecule has 1 fully saturated rings. The Kier molecular flexibility index (Phi) is 6.76.